The molecule has 0 saturated carbocycles. The first kappa shape index (κ1) is 20.2. The summed E-state index contributed by atoms with van der Waals surface area (Å²) in [7, 11) is 3.84. The molecule has 2 bridgehead atoms. The van der Waals surface area contributed by atoms with Crippen LogP contribution in [0, 0.1) is 34.5 Å². The van der Waals surface area contributed by atoms with E-state index in [0.717, 1.165) is 11.3 Å². The maximum absolute atomic E-state index is 12.9. The quantitative estimate of drug-likeness (QED) is 0.586. The first-order valence-corrected chi connectivity index (χ1v) is 9.35. The fourth-order valence-corrected chi connectivity index (χ4v) is 4.26. The standard InChI is InChI=1S/C21H23N5O3/c1-5-29-20(28)17-15(12-6-8-14(9-7-12)26(3)4)16-18(13(10-22)11-23)24-21(17,2)25-19(16)27/h6-9,15-17,24H,5H2,1-4H3,(H,25,27)/t15-,16+,17-,21+/m0/s1. The predicted octanol–water partition coefficient (Wildman–Crippen LogP) is 1.38. The minimum absolute atomic E-state index is 0.159. The SMILES string of the molecule is CCOC(=O)[C@@H]1[C@@H](c2ccc(N(C)C)cc2)[C@H]2C(=O)N[C@@]1(C)NC2=C(C#N)C#N. The predicted molar refractivity (Wildman–Crippen MR) is 105 cm³/mol. The first-order valence-electron chi connectivity index (χ1n) is 9.35. The van der Waals surface area contributed by atoms with Gasteiger partial charge in [-0.15, -0.1) is 0 Å². The molecular formula is C21H23N5O3. The molecule has 0 spiro atoms. The molecular weight excluding hydrogens is 370 g/mol. The normalized spacial score (nSPS) is 27.2. The molecule has 3 aliphatic rings. The molecule has 8 heteroatoms. The fourth-order valence-electron chi connectivity index (χ4n) is 4.26. The van der Waals surface area contributed by atoms with Crippen LogP contribution in [0.4, 0.5) is 5.69 Å². The topological polar surface area (TPSA) is 118 Å². The monoisotopic (exact) mass is 393 g/mol. The molecule has 1 amide bonds. The summed E-state index contributed by atoms with van der Waals surface area (Å²) in [4.78, 5) is 27.8. The molecule has 3 aliphatic heterocycles. The summed E-state index contributed by atoms with van der Waals surface area (Å²) in [5.41, 5.74) is 0.657. The van der Waals surface area contributed by atoms with Crippen LogP contribution in [-0.4, -0.2) is 38.2 Å². The number of piperidine rings is 2. The third-order valence-electron chi connectivity index (χ3n) is 5.54. The smallest absolute Gasteiger partial charge is 0.313 e. The fraction of sp³-hybridized carbons (Fsp3) is 0.429. The van der Waals surface area contributed by atoms with E-state index in [2.05, 4.69) is 10.6 Å². The van der Waals surface area contributed by atoms with E-state index in [4.69, 9.17) is 4.74 Å². The zero-order valence-corrected chi connectivity index (χ0v) is 16.8. The molecule has 4 atom stereocenters. The van der Waals surface area contributed by atoms with Crippen LogP contribution in [0.3, 0.4) is 0 Å². The molecule has 0 radical (unpaired) electrons. The lowest BCUT2D eigenvalue weighted by molar-refractivity contribution is -0.160. The highest BCUT2D eigenvalue weighted by Gasteiger charge is 2.61. The number of esters is 1. The van der Waals surface area contributed by atoms with Crippen LogP contribution >= 0.6 is 0 Å². The van der Waals surface area contributed by atoms with Gasteiger partial charge in [0.1, 0.15) is 29.3 Å². The summed E-state index contributed by atoms with van der Waals surface area (Å²) in [6.45, 7) is 3.61. The lowest BCUT2D eigenvalue weighted by Gasteiger charge is -2.55. The number of benzene rings is 1. The van der Waals surface area contributed by atoms with Crippen molar-refractivity contribution in [2.24, 2.45) is 11.8 Å². The Morgan fingerprint density at radius 1 is 1.21 bits per heavy atom. The summed E-state index contributed by atoms with van der Waals surface area (Å²) in [6, 6.07) is 11.3. The third-order valence-corrected chi connectivity index (χ3v) is 5.54. The van der Waals surface area contributed by atoms with E-state index in [1.54, 1.807) is 13.8 Å². The number of ether oxygens (including phenoxy) is 1. The molecule has 29 heavy (non-hydrogen) atoms. The minimum atomic E-state index is -1.18. The van der Waals surface area contributed by atoms with Crippen molar-refractivity contribution in [3.63, 3.8) is 0 Å². The van der Waals surface area contributed by atoms with Gasteiger partial charge in [-0.2, -0.15) is 10.5 Å². The van der Waals surface area contributed by atoms with Gasteiger partial charge in [-0.3, -0.25) is 9.59 Å². The highest BCUT2D eigenvalue weighted by molar-refractivity contribution is 5.91. The number of nitrogens with zero attached hydrogens (tertiary/aromatic N) is 3. The second kappa shape index (κ2) is 7.48. The zero-order valence-electron chi connectivity index (χ0n) is 16.8. The van der Waals surface area contributed by atoms with Gasteiger partial charge in [0.25, 0.3) is 0 Å². The molecule has 2 N–H and O–H groups in total. The lowest BCUT2D eigenvalue weighted by Crippen LogP contribution is -2.75. The van der Waals surface area contributed by atoms with Crippen LogP contribution < -0.4 is 15.5 Å². The molecule has 1 aromatic carbocycles. The van der Waals surface area contributed by atoms with E-state index < -0.39 is 29.4 Å². The Morgan fingerprint density at radius 2 is 1.83 bits per heavy atom. The number of hydrogen-bond acceptors (Lipinski definition) is 7. The second-order valence-corrected chi connectivity index (χ2v) is 7.55. The Morgan fingerprint density at radius 3 is 2.34 bits per heavy atom. The molecule has 4 rings (SSSR count). The molecule has 150 valence electrons. The Kier molecular flexibility index (Phi) is 5.21. The van der Waals surface area contributed by atoms with Crippen molar-refractivity contribution in [2.75, 3.05) is 25.6 Å². The van der Waals surface area contributed by atoms with E-state index >= 15 is 0 Å². The molecule has 3 saturated heterocycles. The van der Waals surface area contributed by atoms with E-state index in [0.29, 0.717) is 0 Å². The van der Waals surface area contributed by atoms with Crippen LogP contribution in [0.25, 0.3) is 0 Å². The van der Waals surface area contributed by atoms with Crippen LogP contribution in [0.5, 0.6) is 0 Å². The lowest BCUT2D eigenvalue weighted by atomic mass is 9.63. The number of carbonyl (C=O) groups excluding carboxylic acids is 2. The van der Waals surface area contributed by atoms with Gasteiger partial charge in [0.05, 0.1) is 18.2 Å². The minimum Gasteiger partial charge on any atom is -0.466 e. The van der Waals surface area contributed by atoms with Gasteiger partial charge < -0.3 is 20.3 Å². The van der Waals surface area contributed by atoms with Crippen molar-refractivity contribution < 1.29 is 14.3 Å². The van der Waals surface area contributed by atoms with Crippen LogP contribution in [0.1, 0.15) is 25.3 Å². The highest BCUT2D eigenvalue weighted by Crippen LogP contribution is 2.49. The van der Waals surface area contributed by atoms with Crippen molar-refractivity contribution in [1.29, 1.82) is 10.5 Å². The van der Waals surface area contributed by atoms with Crippen molar-refractivity contribution in [1.82, 2.24) is 10.6 Å². The molecule has 0 aromatic heterocycles. The number of allylic oxidation sites excluding steroid dienone is 1. The Balaban J connectivity index is 2.20. The van der Waals surface area contributed by atoms with Gasteiger partial charge >= 0.3 is 5.97 Å². The summed E-state index contributed by atoms with van der Waals surface area (Å²) in [5, 5.41) is 24.7. The summed E-state index contributed by atoms with van der Waals surface area (Å²) < 4.78 is 5.31. The second-order valence-electron chi connectivity index (χ2n) is 7.55. The van der Waals surface area contributed by atoms with Crippen LogP contribution in [0.2, 0.25) is 0 Å². The average Bonchev–Trinajstić information content (AvgIpc) is 2.67. The van der Waals surface area contributed by atoms with Gasteiger partial charge in [0, 0.05) is 25.7 Å². The number of carbonyl (C=O) groups is 2. The number of nitriles is 2. The number of rotatable bonds is 4. The average molecular weight is 393 g/mol. The van der Waals surface area contributed by atoms with Gasteiger partial charge in [0.2, 0.25) is 5.91 Å². The summed E-state index contributed by atoms with van der Waals surface area (Å²) >= 11 is 0. The Hall–Kier alpha value is -3.52. The Bertz CT molecular complexity index is 938. The van der Waals surface area contributed by atoms with E-state index in [9.17, 15) is 20.1 Å². The number of fused-ring (bicyclic) bond motifs is 3. The number of hydrogen-bond donors (Lipinski definition) is 2. The van der Waals surface area contributed by atoms with Crippen LogP contribution in [0.15, 0.2) is 35.5 Å². The molecule has 3 fully saturated rings. The van der Waals surface area contributed by atoms with Crippen molar-refractivity contribution in [3.05, 3.63) is 41.1 Å². The van der Waals surface area contributed by atoms with Gasteiger partial charge in [0.15, 0.2) is 0 Å². The molecule has 0 unspecified atom stereocenters. The molecule has 8 nitrogen and oxygen atoms in total. The molecule has 3 heterocycles. The van der Waals surface area contributed by atoms with Gasteiger partial charge in [-0.05, 0) is 31.5 Å². The van der Waals surface area contributed by atoms with Gasteiger partial charge in [-0.25, -0.2) is 0 Å². The van der Waals surface area contributed by atoms with E-state index in [-0.39, 0.29) is 23.8 Å². The van der Waals surface area contributed by atoms with E-state index in [1.165, 1.54) is 0 Å². The van der Waals surface area contributed by atoms with Crippen LogP contribution in [-0.2, 0) is 14.3 Å². The summed E-state index contributed by atoms with van der Waals surface area (Å²) in [5.74, 6) is -2.93. The maximum atomic E-state index is 12.9. The number of anilines is 1. The first-order chi connectivity index (χ1) is 13.8. The highest BCUT2D eigenvalue weighted by atomic mass is 16.5. The molecule has 1 aromatic rings. The molecule has 0 aliphatic carbocycles. The maximum Gasteiger partial charge on any atom is 0.313 e. The van der Waals surface area contributed by atoms with Crippen molar-refractivity contribution >= 4 is 17.6 Å². The Labute approximate surface area is 169 Å². The van der Waals surface area contributed by atoms with Gasteiger partial charge in [-0.1, -0.05) is 12.1 Å². The number of amides is 1. The third kappa shape index (κ3) is 3.27. The largest absolute Gasteiger partial charge is 0.466 e. The van der Waals surface area contributed by atoms with Crippen molar-refractivity contribution in [3.8, 4) is 12.1 Å². The number of nitrogens with one attached hydrogen (secondary N) is 2. The summed E-state index contributed by atoms with van der Waals surface area (Å²) in [6.07, 6.45) is 0. The van der Waals surface area contributed by atoms with Crippen molar-refractivity contribution in [2.45, 2.75) is 25.4 Å². The zero-order chi connectivity index (χ0) is 21.3. The van der Waals surface area contributed by atoms with E-state index in [1.807, 2.05) is 55.4 Å².